The summed E-state index contributed by atoms with van der Waals surface area (Å²) in [5.74, 6) is -1.75. The molecule has 3 aliphatic heterocycles. The second kappa shape index (κ2) is 9.67. The quantitative estimate of drug-likeness (QED) is 0.231. The molecule has 3 aliphatic rings. The van der Waals surface area contributed by atoms with Gasteiger partial charge in [-0.25, -0.2) is 13.2 Å². The minimum atomic E-state index is -4.56. The number of hydrogen-bond acceptors (Lipinski definition) is 11. The molecule has 1 aromatic carbocycles. The maximum atomic E-state index is 13.3. The Bertz CT molecular complexity index is 1210. The molecule has 3 atom stereocenters. The van der Waals surface area contributed by atoms with E-state index in [4.69, 9.17) is 10.6 Å². The first-order chi connectivity index (χ1) is 17.0. The van der Waals surface area contributed by atoms with Crippen LogP contribution in [0.3, 0.4) is 0 Å². The van der Waals surface area contributed by atoms with Crippen molar-refractivity contribution in [3.8, 4) is 0 Å². The number of aliphatic imine (C=N–C) groups is 1. The average molecular weight is 522 g/mol. The van der Waals surface area contributed by atoms with Crippen molar-refractivity contribution in [1.29, 1.82) is 0 Å². The van der Waals surface area contributed by atoms with Gasteiger partial charge in [0.15, 0.2) is 11.6 Å². The normalized spacial score (nSPS) is 24.9. The van der Waals surface area contributed by atoms with Gasteiger partial charge in [-0.2, -0.15) is 0 Å². The van der Waals surface area contributed by atoms with Crippen molar-refractivity contribution in [1.82, 2.24) is 21.3 Å². The Labute approximate surface area is 208 Å². The number of sulfone groups is 1. The summed E-state index contributed by atoms with van der Waals surface area (Å²) < 4.78 is 26.7. The van der Waals surface area contributed by atoms with Gasteiger partial charge in [0.2, 0.25) is 14.7 Å². The zero-order valence-corrected chi connectivity index (χ0v) is 20.9. The predicted octanol–water partition coefficient (Wildman–Crippen LogP) is -1.64. The van der Waals surface area contributed by atoms with Crippen molar-refractivity contribution in [2.45, 2.75) is 48.1 Å². The first kappa shape index (κ1) is 25.9. The molecule has 0 bridgehead atoms. The number of carbonyl (C=O) groups is 2. The highest BCUT2D eigenvalue weighted by Gasteiger charge is 2.51. The first-order valence-corrected chi connectivity index (χ1v) is 13.1. The highest BCUT2D eigenvalue weighted by Crippen LogP contribution is 2.33. The summed E-state index contributed by atoms with van der Waals surface area (Å²) in [6.45, 7) is 4.89. The number of carbonyl (C=O) groups excluding carboxylic acids is 1. The van der Waals surface area contributed by atoms with Crippen LogP contribution in [-0.2, 0) is 24.3 Å². The number of rotatable bonds is 8. The van der Waals surface area contributed by atoms with E-state index in [0.29, 0.717) is 30.6 Å². The molecule has 1 spiro atoms. The highest BCUT2D eigenvalue weighted by molar-refractivity contribution is 7.93. The van der Waals surface area contributed by atoms with E-state index in [2.05, 4.69) is 31.4 Å². The van der Waals surface area contributed by atoms with E-state index in [9.17, 15) is 23.1 Å². The molecular formula is C22H31N7O6S. The van der Waals surface area contributed by atoms with Crippen molar-refractivity contribution in [3.63, 3.8) is 0 Å². The minimum Gasteiger partial charge on any atom is -0.479 e. The van der Waals surface area contributed by atoms with Crippen molar-refractivity contribution < 1.29 is 28.0 Å². The third-order valence-corrected chi connectivity index (χ3v) is 9.11. The number of nitrogens with one attached hydrogen (secondary N) is 4. The number of hydrogen-bond donors (Lipinski definition) is 6. The number of nitrogens with two attached hydrogens (primary N) is 1. The van der Waals surface area contributed by atoms with Crippen LogP contribution in [0.1, 0.15) is 24.0 Å². The molecule has 1 amide bonds. The number of nitrogens with zero attached hydrogens (tertiary/aromatic N) is 2. The highest BCUT2D eigenvalue weighted by atomic mass is 32.2. The summed E-state index contributed by atoms with van der Waals surface area (Å²) in [4.78, 5) is 31.8. The van der Waals surface area contributed by atoms with Crippen LogP contribution in [0, 0.1) is 13.8 Å². The van der Waals surface area contributed by atoms with Crippen molar-refractivity contribution in [3.05, 3.63) is 29.3 Å². The molecule has 13 nitrogen and oxygen atoms in total. The number of oxime groups is 1. The van der Waals surface area contributed by atoms with Gasteiger partial charge in [0.1, 0.15) is 5.71 Å². The molecule has 3 heterocycles. The van der Waals surface area contributed by atoms with E-state index in [1.165, 1.54) is 0 Å². The first-order valence-electron chi connectivity index (χ1n) is 11.6. The molecule has 2 unspecified atom stereocenters. The lowest BCUT2D eigenvalue weighted by atomic mass is 9.94. The number of benzene rings is 1. The van der Waals surface area contributed by atoms with Crippen molar-refractivity contribution in [2.24, 2.45) is 15.9 Å². The molecule has 14 heteroatoms. The summed E-state index contributed by atoms with van der Waals surface area (Å²) in [6, 6.07) is 4.84. The topological polar surface area (TPSA) is 197 Å². The van der Waals surface area contributed by atoms with E-state index in [0.717, 1.165) is 19.0 Å². The molecule has 1 fully saturated rings. The zero-order chi connectivity index (χ0) is 26.1. The fourth-order valence-electron chi connectivity index (χ4n) is 4.66. The second-order valence-electron chi connectivity index (χ2n) is 9.41. The Morgan fingerprint density at radius 1 is 1.33 bits per heavy atom. The van der Waals surface area contributed by atoms with Crippen LogP contribution in [0.2, 0.25) is 0 Å². The molecule has 1 saturated heterocycles. The van der Waals surface area contributed by atoms with Crippen LogP contribution in [0.15, 0.2) is 33.2 Å². The van der Waals surface area contributed by atoms with E-state index in [1.807, 2.05) is 0 Å². The third kappa shape index (κ3) is 4.75. The Morgan fingerprint density at radius 3 is 2.69 bits per heavy atom. The molecule has 0 aromatic heterocycles. The number of carboxylic acid groups (broad SMARTS) is 1. The average Bonchev–Trinajstić information content (AvgIpc) is 3.57. The smallest absolute Gasteiger partial charge is 0.341 e. The van der Waals surface area contributed by atoms with Gasteiger partial charge < -0.3 is 36.9 Å². The standard InChI is InChI=1S/C22H31N7O6S/c1-13-4-3-5-14(2)17(13)36(33,34)22(23,19(31)32)12-28-18(30)16-9-21(35-29-16)8-15(27-11-21)10-26-20-24-6-7-25-20/h3-5,15,27H,6-12,23H2,1-2H3,(H,28,30)(H,31,32)(H2,24,25,26)/t15?,21?,22-/m0/s1. The van der Waals surface area contributed by atoms with Gasteiger partial charge >= 0.3 is 5.97 Å². The van der Waals surface area contributed by atoms with Crippen molar-refractivity contribution in [2.75, 3.05) is 32.7 Å². The Balaban J connectivity index is 1.38. The monoisotopic (exact) mass is 521 g/mol. The molecule has 1 aromatic rings. The summed E-state index contributed by atoms with van der Waals surface area (Å²) in [5.41, 5.74) is 6.01. The van der Waals surface area contributed by atoms with Gasteiger partial charge in [0.05, 0.1) is 18.0 Å². The van der Waals surface area contributed by atoms with Crippen LogP contribution in [0.5, 0.6) is 0 Å². The van der Waals surface area contributed by atoms with E-state index in [1.54, 1.807) is 32.0 Å². The molecule has 4 rings (SSSR count). The molecule has 0 aliphatic carbocycles. The van der Waals surface area contributed by atoms with Crippen LogP contribution >= 0.6 is 0 Å². The number of carboxylic acids is 1. The fraction of sp³-hybridized carbons (Fsp3) is 0.545. The molecule has 7 N–H and O–H groups in total. The number of amides is 1. The Kier molecular flexibility index (Phi) is 6.94. The van der Waals surface area contributed by atoms with E-state index in [-0.39, 0.29) is 23.1 Å². The number of guanidine groups is 1. The van der Waals surface area contributed by atoms with Crippen LogP contribution in [0.4, 0.5) is 0 Å². The summed E-state index contributed by atoms with van der Waals surface area (Å²) >= 11 is 0. The van der Waals surface area contributed by atoms with Gasteiger partial charge in [-0.1, -0.05) is 23.4 Å². The second-order valence-corrected chi connectivity index (χ2v) is 11.6. The summed E-state index contributed by atoms with van der Waals surface area (Å²) in [5, 5.41) is 25.7. The molecule has 0 saturated carbocycles. The van der Waals surface area contributed by atoms with Gasteiger partial charge in [-0.05, 0) is 25.0 Å². The Morgan fingerprint density at radius 2 is 2.06 bits per heavy atom. The Hall–Kier alpha value is -3.23. The van der Waals surface area contributed by atoms with Crippen LogP contribution in [-0.4, -0.2) is 86.3 Å². The van der Waals surface area contributed by atoms with Crippen LogP contribution < -0.4 is 27.0 Å². The lowest BCUT2D eigenvalue weighted by Gasteiger charge is -2.26. The fourth-order valence-corrected chi connectivity index (χ4v) is 6.50. The number of aliphatic carboxylic acids is 1. The predicted molar refractivity (Wildman–Crippen MR) is 131 cm³/mol. The molecule has 196 valence electrons. The largest absolute Gasteiger partial charge is 0.479 e. The third-order valence-electron chi connectivity index (χ3n) is 6.65. The number of aryl methyl sites for hydroxylation is 2. The minimum absolute atomic E-state index is 0.0458. The van der Waals surface area contributed by atoms with Gasteiger partial charge in [-0.3, -0.25) is 9.79 Å². The lowest BCUT2D eigenvalue weighted by Crippen LogP contribution is -2.62. The molecular weight excluding hydrogens is 490 g/mol. The van der Waals surface area contributed by atoms with Crippen molar-refractivity contribution >= 4 is 33.4 Å². The van der Waals surface area contributed by atoms with Gasteiger partial charge in [0.25, 0.3) is 5.91 Å². The summed E-state index contributed by atoms with van der Waals surface area (Å²) in [6.07, 6.45) is 0.778. The maximum Gasteiger partial charge on any atom is 0.341 e. The summed E-state index contributed by atoms with van der Waals surface area (Å²) in [7, 11) is -4.56. The van der Waals surface area contributed by atoms with Crippen LogP contribution in [0.25, 0.3) is 0 Å². The molecule has 0 radical (unpaired) electrons. The molecule has 36 heavy (non-hydrogen) atoms. The van der Waals surface area contributed by atoms with E-state index >= 15 is 0 Å². The van der Waals surface area contributed by atoms with E-state index < -0.39 is 38.7 Å². The zero-order valence-electron chi connectivity index (χ0n) is 20.1. The van der Waals surface area contributed by atoms with Gasteiger partial charge in [0, 0.05) is 38.5 Å². The van der Waals surface area contributed by atoms with Gasteiger partial charge in [-0.15, -0.1) is 0 Å². The maximum absolute atomic E-state index is 13.3. The lowest BCUT2D eigenvalue weighted by molar-refractivity contribution is -0.139. The SMILES string of the molecule is Cc1cccc(C)c1S(=O)(=O)[C@@](N)(CNC(=O)C1=NOC2(CNC(CNC3=NCCN3)C2)C1)C(=O)O.